The monoisotopic (exact) mass is 342 g/mol. The molecule has 1 N–H and O–H groups in total. The van der Waals surface area contributed by atoms with Crippen LogP contribution in [0.15, 0.2) is 77.2 Å². The maximum absolute atomic E-state index is 12.3. The number of carbonyl (C=O) groups excluding carboxylic acids is 1. The second-order valence-corrected chi connectivity index (χ2v) is 6.28. The number of aryl methyl sites for hydroxylation is 1. The molecule has 0 aliphatic heterocycles. The molecule has 0 aliphatic rings. The van der Waals surface area contributed by atoms with E-state index in [2.05, 4.69) is 10.3 Å². The number of hydrogen-bond acceptors (Lipinski definition) is 3. The zero-order chi connectivity index (χ0) is 17.9. The molecule has 0 unspecified atom stereocenters. The van der Waals surface area contributed by atoms with Crippen LogP contribution in [0.1, 0.15) is 11.1 Å². The van der Waals surface area contributed by atoms with Crippen molar-refractivity contribution in [1.29, 1.82) is 0 Å². The molecule has 3 aromatic carbocycles. The molecule has 26 heavy (non-hydrogen) atoms. The van der Waals surface area contributed by atoms with Gasteiger partial charge in [0.2, 0.25) is 11.8 Å². The molecule has 128 valence electrons. The third-order valence-corrected chi connectivity index (χ3v) is 4.14. The van der Waals surface area contributed by atoms with Gasteiger partial charge in [0, 0.05) is 11.3 Å². The molecule has 4 heteroatoms. The molecule has 1 amide bonds. The molecular formula is C22H18N2O2. The number of carbonyl (C=O) groups is 1. The highest BCUT2D eigenvalue weighted by Crippen LogP contribution is 2.26. The Morgan fingerprint density at radius 3 is 2.69 bits per heavy atom. The molecule has 4 nitrogen and oxygen atoms in total. The normalized spacial score (nSPS) is 10.8. The summed E-state index contributed by atoms with van der Waals surface area (Å²) in [6, 6.07) is 23.1. The fourth-order valence-corrected chi connectivity index (χ4v) is 2.87. The van der Waals surface area contributed by atoms with Gasteiger partial charge in [-0.1, -0.05) is 42.5 Å². The largest absolute Gasteiger partial charge is 0.436 e. The Bertz CT molecular complexity index is 1070. The van der Waals surface area contributed by atoms with Gasteiger partial charge < -0.3 is 9.73 Å². The number of anilines is 1. The van der Waals surface area contributed by atoms with Crippen molar-refractivity contribution in [3.8, 4) is 11.5 Å². The fourth-order valence-electron chi connectivity index (χ4n) is 2.87. The standard InChI is InChI=1S/C22H18N2O2/c1-15-10-11-19-20(12-15)26-22(24-19)17-8-5-9-18(14-17)23-21(25)13-16-6-3-2-4-7-16/h2-12,14H,13H2,1H3,(H,23,25). The predicted molar refractivity (Wildman–Crippen MR) is 103 cm³/mol. The lowest BCUT2D eigenvalue weighted by molar-refractivity contribution is -0.115. The van der Waals surface area contributed by atoms with Crippen molar-refractivity contribution in [3.63, 3.8) is 0 Å². The summed E-state index contributed by atoms with van der Waals surface area (Å²) in [5, 5.41) is 2.94. The molecule has 0 atom stereocenters. The van der Waals surface area contributed by atoms with Crippen LogP contribution in [0.5, 0.6) is 0 Å². The number of rotatable bonds is 4. The lowest BCUT2D eigenvalue weighted by Gasteiger charge is -2.06. The summed E-state index contributed by atoms with van der Waals surface area (Å²) in [6.45, 7) is 2.02. The Labute approximate surface area is 151 Å². The number of fused-ring (bicyclic) bond motifs is 1. The molecule has 0 aliphatic carbocycles. The molecule has 0 saturated heterocycles. The topological polar surface area (TPSA) is 55.1 Å². The Balaban J connectivity index is 1.55. The number of nitrogens with zero attached hydrogens (tertiary/aromatic N) is 1. The lowest BCUT2D eigenvalue weighted by Crippen LogP contribution is -2.14. The van der Waals surface area contributed by atoms with E-state index in [1.165, 1.54) is 0 Å². The zero-order valence-electron chi connectivity index (χ0n) is 14.4. The Morgan fingerprint density at radius 1 is 1.00 bits per heavy atom. The van der Waals surface area contributed by atoms with E-state index >= 15 is 0 Å². The van der Waals surface area contributed by atoms with Crippen LogP contribution in [-0.2, 0) is 11.2 Å². The summed E-state index contributed by atoms with van der Waals surface area (Å²) < 4.78 is 5.87. The van der Waals surface area contributed by atoms with E-state index in [0.717, 1.165) is 33.5 Å². The molecule has 1 aromatic heterocycles. The molecule has 0 saturated carbocycles. The summed E-state index contributed by atoms with van der Waals surface area (Å²) in [4.78, 5) is 16.8. The van der Waals surface area contributed by atoms with Gasteiger partial charge >= 0.3 is 0 Å². The second-order valence-electron chi connectivity index (χ2n) is 6.28. The van der Waals surface area contributed by atoms with Gasteiger partial charge in [0.25, 0.3) is 0 Å². The number of benzene rings is 3. The quantitative estimate of drug-likeness (QED) is 0.569. The zero-order valence-corrected chi connectivity index (χ0v) is 14.4. The van der Waals surface area contributed by atoms with Gasteiger partial charge in [-0.05, 0) is 48.4 Å². The molecule has 4 rings (SSSR count). The van der Waals surface area contributed by atoms with Crippen molar-refractivity contribution < 1.29 is 9.21 Å². The minimum absolute atomic E-state index is 0.0541. The van der Waals surface area contributed by atoms with Crippen LogP contribution < -0.4 is 5.32 Å². The molecule has 0 spiro atoms. The van der Waals surface area contributed by atoms with Crippen molar-refractivity contribution in [2.45, 2.75) is 13.3 Å². The van der Waals surface area contributed by atoms with Gasteiger partial charge in [-0.3, -0.25) is 4.79 Å². The third kappa shape index (κ3) is 3.49. The summed E-state index contributed by atoms with van der Waals surface area (Å²) in [5.74, 6) is 0.492. The summed E-state index contributed by atoms with van der Waals surface area (Å²) >= 11 is 0. The summed E-state index contributed by atoms with van der Waals surface area (Å²) in [7, 11) is 0. The van der Waals surface area contributed by atoms with E-state index in [0.29, 0.717) is 12.3 Å². The van der Waals surface area contributed by atoms with Gasteiger partial charge in [-0.2, -0.15) is 0 Å². The van der Waals surface area contributed by atoms with Crippen molar-refractivity contribution in [2.24, 2.45) is 0 Å². The van der Waals surface area contributed by atoms with Crippen molar-refractivity contribution in [3.05, 3.63) is 83.9 Å². The van der Waals surface area contributed by atoms with Crippen LogP contribution in [0.4, 0.5) is 5.69 Å². The van der Waals surface area contributed by atoms with Gasteiger partial charge in [0.05, 0.1) is 6.42 Å². The Kier molecular flexibility index (Phi) is 4.23. The first-order valence-electron chi connectivity index (χ1n) is 8.49. The maximum atomic E-state index is 12.3. The van der Waals surface area contributed by atoms with Crippen molar-refractivity contribution >= 4 is 22.7 Å². The first kappa shape index (κ1) is 16.1. The summed E-state index contributed by atoms with van der Waals surface area (Å²) in [5.41, 5.74) is 5.25. The third-order valence-electron chi connectivity index (χ3n) is 4.14. The number of oxazole rings is 1. The van der Waals surface area contributed by atoms with Crippen LogP contribution in [-0.4, -0.2) is 10.9 Å². The minimum Gasteiger partial charge on any atom is -0.436 e. The van der Waals surface area contributed by atoms with Crippen LogP contribution in [0.25, 0.3) is 22.6 Å². The maximum Gasteiger partial charge on any atom is 0.228 e. The number of aromatic nitrogens is 1. The van der Waals surface area contributed by atoms with Gasteiger partial charge in [-0.15, -0.1) is 0 Å². The van der Waals surface area contributed by atoms with E-state index in [-0.39, 0.29) is 5.91 Å². The molecule has 0 radical (unpaired) electrons. The average molecular weight is 342 g/mol. The lowest BCUT2D eigenvalue weighted by atomic mass is 10.1. The van der Waals surface area contributed by atoms with Crippen LogP contribution in [0.2, 0.25) is 0 Å². The molecule has 0 bridgehead atoms. The fraction of sp³-hybridized carbons (Fsp3) is 0.0909. The van der Waals surface area contributed by atoms with E-state index in [9.17, 15) is 4.79 Å². The number of amides is 1. The van der Waals surface area contributed by atoms with Gasteiger partial charge in [0.1, 0.15) is 5.52 Å². The average Bonchev–Trinajstić information content (AvgIpc) is 3.06. The van der Waals surface area contributed by atoms with Crippen LogP contribution in [0.3, 0.4) is 0 Å². The summed E-state index contributed by atoms with van der Waals surface area (Å²) in [6.07, 6.45) is 0.341. The van der Waals surface area contributed by atoms with Crippen molar-refractivity contribution in [1.82, 2.24) is 4.98 Å². The first-order chi connectivity index (χ1) is 12.7. The highest BCUT2D eigenvalue weighted by molar-refractivity contribution is 5.92. The Morgan fingerprint density at radius 2 is 1.85 bits per heavy atom. The number of hydrogen-bond donors (Lipinski definition) is 1. The highest BCUT2D eigenvalue weighted by atomic mass is 16.3. The molecule has 0 fully saturated rings. The second kappa shape index (κ2) is 6.84. The van der Waals surface area contributed by atoms with E-state index < -0.39 is 0 Å². The van der Waals surface area contributed by atoms with E-state index in [1.807, 2.05) is 79.7 Å². The molecule has 4 aromatic rings. The van der Waals surface area contributed by atoms with Crippen molar-refractivity contribution in [2.75, 3.05) is 5.32 Å². The highest BCUT2D eigenvalue weighted by Gasteiger charge is 2.10. The smallest absolute Gasteiger partial charge is 0.228 e. The minimum atomic E-state index is -0.0541. The first-order valence-corrected chi connectivity index (χ1v) is 8.49. The van der Waals surface area contributed by atoms with Gasteiger partial charge in [-0.25, -0.2) is 4.98 Å². The number of nitrogens with one attached hydrogen (secondary N) is 1. The molecular weight excluding hydrogens is 324 g/mol. The predicted octanol–water partition coefficient (Wildman–Crippen LogP) is 4.98. The Hall–Kier alpha value is -3.40. The SMILES string of the molecule is Cc1ccc2nc(-c3cccc(NC(=O)Cc4ccccc4)c3)oc2c1. The molecule has 1 heterocycles. The van der Waals surface area contributed by atoms with Gasteiger partial charge in [0.15, 0.2) is 5.58 Å². The van der Waals surface area contributed by atoms with Crippen LogP contribution in [0, 0.1) is 6.92 Å². The van der Waals surface area contributed by atoms with E-state index in [1.54, 1.807) is 0 Å². The van der Waals surface area contributed by atoms with E-state index in [4.69, 9.17) is 4.42 Å². The van der Waals surface area contributed by atoms with Crippen LogP contribution >= 0.6 is 0 Å².